The predicted molar refractivity (Wildman–Crippen MR) is 56.5 cm³/mol. The van der Waals surface area contributed by atoms with Crippen molar-refractivity contribution in [1.29, 1.82) is 0 Å². The molecule has 0 amide bonds. The fourth-order valence-electron chi connectivity index (χ4n) is 1.20. The highest BCUT2D eigenvalue weighted by atomic mass is 32.2. The van der Waals surface area contributed by atoms with Gasteiger partial charge in [0.25, 0.3) is 0 Å². The topological polar surface area (TPSA) is 0 Å². The fourth-order valence-corrected chi connectivity index (χ4v) is 1.84. The molecule has 1 heteroatoms. The van der Waals surface area contributed by atoms with Crippen molar-refractivity contribution in [2.24, 2.45) is 0 Å². The van der Waals surface area contributed by atoms with E-state index in [-0.39, 0.29) is 0 Å². The van der Waals surface area contributed by atoms with Crippen LogP contribution in [0.3, 0.4) is 0 Å². The molecule has 0 nitrogen and oxygen atoms in total. The van der Waals surface area contributed by atoms with Crippen molar-refractivity contribution in [3.63, 3.8) is 0 Å². The Morgan fingerprint density at radius 3 is 2.50 bits per heavy atom. The Morgan fingerprint density at radius 1 is 1.42 bits per heavy atom. The fraction of sp³-hybridized carbons (Fsp3) is 0.273. The largest absolute Gasteiger partial charge is 0.151 e. The van der Waals surface area contributed by atoms with Gasteiger partial charge in [-0.15, -0.1) is 0 Å². The maximum Gasteiger partial charge on any atom is 0.0388 e. The van der Waals surface area contributed by atoms with E-state index < -0.39 is 0 Å². The Labute approximate surface area is 77.7 Å². The molecule has 0 aliphatic carbocycles. The number of benzene rings is 1. The third kappa shape index (κ3) is 1.56. The lowest BCUT2D eigenvalue weighted by atomic mass is 10.0. The molecule has 1 aliphatic heterocycles. The molecule has 0 spiro atoms. The molecule has 0 saturated carbocycles. The van der Waals surface area contributed by atoms with Crippen molar-refractivity contribution in [2.45, 2.75) is 12.2 Å². The van der Waals surface area contributed by atoms with Crippen LogP contribution >= 0.6 is 11.8 Å². The van der Waals surface area contributed by atoms with Gasteiger partial charge >= 0.3 is 0 Å². The van der Waals surface area contributed by atoms with Crippen LogP contribution in [0.25, 0.3) is 5.57 Å². The van der Waals surface area contributed by atoms with E-state index in [1.54, 1.807) is 0 Å². The quantitative estimate of drug-likeness (QED) is 0.624. The Morgan fingerprint density at radius 2 is 2.00 bits per heavy atom. The monoisotopic (exact) mass is 176 g/mol. The van der Waals surface area contributed by atoms with E-state index in [4.69, 9.17) is 0 Å². The Kier molecular flexibility index (Phi) is 1.97. The van der Waals surface area contributed by atoms with E-state index in [1.807, 2.05) is 11.8 Å². The minimum Gasteiger partial charge on any atom is -0.151 e. The summed E-state index contributed by atoms with van der Waals surface area (Å²) in [5.74, 6) is 1.26. The first-order valence-electron chi connectivity index (χ1n) is 4.15. The van der Waals surface area contributed by atoms with Crippen LogP contribution in [0.4, 0.5) is 0 Å². The molecule has 0 aromatic heterocycles. The second-order valence-corrected chi connectivity index (χ2v) is 4.45. The summed E-state index contributed by atoms with van der Waals surface area (Å²) in [6.07, 6.45) is 0. The van der Waals surface area contributed by atoms with Gasteiger partial charge in [0.1, 0.15) is 0 Å². The summed E-state index contributed by atoms with van der Waals surface area (Å²) in [7, 11) is 0. The molecule has 1 atom stereocenters. The van der Waals surface area contributed by atoms with E-state index >= 15 is 0 Å². The van der Waals surface area contributed by atoms with E-state index in [9.17, 15) is 0 Å². The standard InChI is InChI=1S/C11H12S/c1-8-3-5-10(6-4-8)9(2)11-7-12-11/h3-6,11H,2,7H2,1H3. The van der Waals surface area contributed by atoms with Crippen molar-refractivity contribution in [2.75, 3.05) is 5.75 Å². The zero-order chi connectivity index (χ0) is 8.55. The van der Waals surface area contributed by atoms with Gasteiger partial charge in [0.2, 0.25) is 0 Å². The smallest absolute Gasteiger partial charge is 0.0388 e. The number of aryl methyl sites for hydroxylation is 1. The lowest BCUT2D eigenvalue weighted by Gasteiger charge is -2.02. The molecular weight excluding hydrogens is 164 g/mol. The second kappa shape index (κ2) is 2.98. The van der Waals surface area contributed by atoms with Crippen LogP contribution in [0.5, 0.6) is 0 Å². The first kappa shape index (κ1) is 7.93. The average Bonchev–Trinajstić information content (AvgIpc) is 2.87. The van der Waals surface area contributed by atoms with Gasteiger partial charge in [-0.05, 0) is 18.1 Å². The Balaban J connectivity index is 2.22. The molecule has 12 heavy (non-hydrogen) atoms. The first-order chi connectivity index (χ1) is 5.77. The summed E-state index contributed by atoms with van der Waals surface area (Å²) in [6.45, 7) is 6.21. The zero-order valence-corrected chi connectivity index (χ0v) is 8.03. The lowest BCUT2D eigenvalue weighted by Crippen LogP contribution is -1.88. The van der Waals surface area contributed by atoms with Gasteiger partial charge in [0, 0.05) is 11.0 Å². The molecule has 1 heterocycles. The summed E-state index contributed by atoms with van der Waals surface area (Å²) in [6, 6.07) is 8.62. The predicted octanol–water partition coefficient (Wildman–Crippen LogP) is 3.12. The average molecular weight is 176 g/mol. The molecule has 1 unspecified atom stereocenters. The molecule has 1 aromatic rings. The van der Waals surface area contributed by atoms with Crippen LogP contribution < -0.4 is 0 Å². The summed E-state index contributed by atoms with van der Waals surface area (Å²) < 4.78 is 0. The van der Waals surface area contributed by atoms with Crippen LogP contribution in [0.15, 0.2) is 30.8 Å². The van der Waals surface area contributed by atoms with Gasteiger partial charge in [0.15, 0.2) is 0 Å². The van der Waals surface area contributed by atoms with Crippen molar-refractivity contribution >= 4 is 17.3 Å². The number of hydrogen-bond donors (Lipinski definition) is 0. The van der Waals surface area contributed by atoms with Gasteiger partial charge in [-0.25, -0.2) is 0 Å². The third-order valence-electron chi connectivity index (χ3n) is 2.14. The maximum atomic E-state index is 4.10. The first-order valence-corrected chi connectivity index (χ1v) is 5.19. The van der Waals surface area contributed by atoms with Crippen molar-refractivity contribution in [3.8, 4) is 0 Å². The number of rotatable bonds is 2. The van der Waals surface area contributed by atoms with E-state index in [0.29, 0.717) is 5.25 Å². The van der Waals surface area contributed by atoms with Gasteiger partial charge in [-0.3, -0.25) is 0 Å². The summed E-state index contributed by atoms with van der Waals surface area (Å²) in [5.41, 5.74) is 3.91. The SMILES string of the molecule is C=C(c1ccc(C)cc1)C1CS1. The van der Waals surface area contributed by atoms with E-state index in [2.05, 4.69) is 37.8 Å². The molecule has 1 aliphatic rings. The number of hydrogen-bond acceptors (Lipinski definition) is 1. The minimum absolute atomic E-state index is 0.702. The Hall–Kier alpha value is -0.690. The molecular formula is C11H12S. The maximum absolute atomic E-state index is 4.10. The van der Waals surface area contributed by atoms with Gasteiger partial charge < -0.3 is 0 Å². The Bertz CT molecular complexity index is 293. The summed E-state index contributed by atoms with van der Waals surface area (Å²) >= 11 is 1.98. The van der Waals surface area contributed by atoms with Gasteiger partial charge in [-0.1, -0.05) is 36.4 Å². The minimum atomic E-state index is 0.702. The van der Waals surface area contributed by atoms with Gasteiger partial charge in [-0.2, -0.15) is 11.8 Å². The highest BCUT2D eigenvalue weighted by molar-refractivity contribution is 8.07. The second-order valence-electron chi connectivity index (χ2n) is 3.21. The van der Waals surface area contributed by atoms with E-state index in [1.165, 1.54) is 22.5 Å². The number of thioether (sulfide) groups is 1. The van der Waals surface area contributed by atoms with Crippen LogP contribution in [0, 0.1) is 6.92 Å². The third-order valence-corrected chi connectivity index (χ3v) is 3.10. The highest BCUT2D eigenvalue weighted by Gasteiger charge is 2.26. The van der Waals surface area contributed by atoms with Crippen LogP contribution in [0.1, 0.15) is 11.1 Å². The molecule has 0 N–H and O–H groups in total. The van der Waals surface area contributed by atoms with Crippen LogP contribution in [-0.2, 0) is 0 Å². The molecule has 62 valence electrons. The summed E-state index contributed by atoms with van der Waals surface area (Å²) in [4.78, 5) is 0. The summed E-state index contributed by atoms with van der Waals surface area (Å²) in [5, 5.41) is 0.702. The molecule has 1 fully saturated rings. The normalized spacial score (nSPS) is 20.6. The van der Waals surface area contributed by atoms with E-state index in [0.717, 1.165) is 0 Å². The molecule has 2 rings (SSSR count). The van der Waals surface area contributed by atoms with Crippen molar-refractivity contribution in [3.05, 3.63) is 42.0 Å². The zero-order valence-electron chi connectivity index (χ0n) is 7.21. The molecule has 1 aromatic carbocycles. The molecule has 1 saturated heterocycles. The van der Waals surface area contributed by atoms with Crippen LogP contribution in [-0.4, -0.2) is 11.0 Å². The van der Waals surface area contributed by atoms with Gasteiger partial charge in [0.05, 0.1) is 0 Å². The highest BCUT2D eigenvalue weighted by Crippen LogP contribution is 2.40. The van der Waals surface area contributed by atoms with Crippen LogP contribution in [0.2, 0.25) is 0 Å². The molecule has 0 radical (unpaired) electrons. The van der Waals surface area contributed by atoms with Crippen molar-refractivity contribution in [1.82, 2.24) is 0 Å². The van der Waals surface area contributed by atoms with Crippen molar-refractivity contribution < 1.29 is 0 Å². The molecule has 0 bridgehead atoms. The lowest BCUT2D eigenvalue weighted by molar-refractivity contribution is 1.39.